The van der Waals surface area contributed by atoms with E-state index in [1.54, 1.807) is 6.07 Å². The molecule has 1 nitrogen and oxygen atoms in total. The fourth-order valence-corrected chi connectivity index (χ4v) is 2.05. The van der Waals surface area contributed by atoms with Crippen molar-refractivity contribution in [3.05, 3.63) is 22.5 Å². The fourth-order valence-electron chi connectivity index (χ4n) is 1.43. The molecule has 0 aliphatic carbocycles. The second-order valence-corrected chi connectivity index (χ2v) is 3.82. The summed E-state index contributed by atoms with van der Waals surface area (Å²) in [4.78, 5) is 0.224. The molecule has 0 amide bonds. The lowest BCUT2D eigenvalue weighted by atomic mass is 10.1. The van der Waals surface area contributed by atoms with Gasteiger partial charge in [-0.25, -0.2) is 4.39 Å². The molecule has 1 aromatic rings. The van der Waals surface area contributed by atoms with Gasteiger partial charge in [-0.3, -0.25) is 0 Å². The Hall–Kier alpha value is -0.410. The molecular formula is C9H8ClFOS. The first kappa shape index (κ1) is 9.16. The first-order valence-electron chi connectivity index (χ1n) is 4.03. The van der Waals surface area contributed by atoms with E-state index in [0.717, 1.165) is 18.4 Å². The molecule has 0 saturated carbocycles. The van der Waals surface area contributed by atoms with Gasteiger partial charge in [0.25, 0.3) is 0 Å². The Bertz CT molecular complexity index is 354. The number of halogens is 2. The lowest BCUT2D eigenvalue weighted by Gasteiger charge is -2.19. The highest BCUT2D eigenvalue weighted by molar-refractivity contribution is 7.80. The second kappa shape index (κ2) is 3.39. The highest BCUT2D eigenvalue weighted by Crippen LogP contribution is 2.36. The Balaban J connectivity index is 2.60. The lowest BCUT2D eigenvalue weighted by molar-refractivity contribution is 0.278. The first-order valence-corrected chi connectivity index (χ1v) is 4.85. The van der Waals surface area contributed by atoms with Crippen LogP contribution >= 0.6 is 24.2 Å². The molecule has 0 fully saturated rings. The van der Waals surface area contributed by atoms with Crippen LogP contribution in [0.4, 0.5) is 4.39 Å². The molecule has 1 aliphatic heterocycles. The molecule has 0 unspecified atom stereocenters. The summed E-state index contributed by atoms with van der Waals surface area (Å²) in [6.45, 7) is 0.627. The van der Waals surface area contributed by atoms with Crippen molar-refractivity contribution in [2.45, 2.75) is 17.7 Å². The summed E-state index contributed by atoms with van der Waals surface area (Å²) in [6.07, 6.45) is 1.82. The number of hydrogen-bond donors (Lipinski definition) is 1. The number of ether oxygens (including phenoxy) is 1. The molecule has 70 valence electrons. The quantitative estimate of drug-likeness (QED) is 0.659. The predicted molar refractivity (Wildman–Crippen MR) is 52.5 cm³/mol. The Labute approximate surface area is 86.3 Å². The van der Waals surface area contributed by atoms with Crippen molar-refractivity contribution < 1.29 is 9.13 Å². The summed E-state index contributed by atoms with van der Waals surface area (Å²) in [5.41, 5.74) is 0.947. The van der Waals surface area contributed by atoms with Crippen LogP contribution in [0.3, 0.4) is 0 Å². The topological polar surface area (TPSA) is 9.23 Å². The van der Waals surface area contributed by atoms with E-state index in [0.29, 0.717) is 12.4 Å². The van der Waals surface area contributed by atoms with Crippen molar-refractivity contribution in [3.8, 4) is 5.75 Å². The van der Waals surface area contributed by atoms with Crippen molar-refractivity contribution in [1.82, 2.24) is 0 Å². The number of aryl methyl sites for hydroxylation is 1. The SMILES string of the molecule is Fc1c(Cl)cc2c(c1S)OCCC2. The summed E-state index contributed by atoms with van der Waals surface area (Å²) in [5.74, 6) is 0.0575. The van der Waals surface area contributed by atoms with Gasteiger partial charge < -0.3 is 4.74 Å². The van der Waals surface area contributed by atoms with E-state index >= 15 is 0 Å². The molecule has 0 radical (unpaired) electrons. The minimum atomic E-state index is -0.495. The van der Waals surface area contributed by atoms with Gasteiger partial charge in [0.1, 0.15) is 5.75 Å². The molecular weight excluding hydrogens is 211 g/mol. The molecule has 0 saturated heterocycles. The minimum absolute atomic E-state index is 0.120. The molecule has 1 heterocycles. The van der Waals surface area contributed by atoms with Crippen LogP contribution < -0.4 is 4.74 Å². The summed E-state index contributed by atoms with van der Waals surface area (Å²) in [7, 11) is 0. The van der Waals surface area contributed by atoms with E-state index in [2.05, 4.69) is 12.6 Å². The number of thiol groups is 1. The van der Waals surface area contributed by atoms with E-state index in [1.165, 1.54) is 0 Å². The van der Waals surface area contributed by atoms with E-state index in [-0.39, 0.29) is 9.92 Å². The highest BCUT2D eigenvalue weighted by Gasteiger charge is 2.18. The Morgan fingerprint density at radius 1 is 1.54 bits per heavy atom. The molecule has 13 heavy (non-hydrogen) atoms. The third-order valence-corrected chi connectivity index (χ3v) is 2.74. The van der Waals surface area contributed by atoms with E-state index in [4.69, 9.17) is 16.3 Å². The fraction of sp³-hybridized carbons (Fsp3) is 0.333. The zero-order chi connectivity index (χ0) is 9.42. The molecule has 0 atom stereocenters. The van der Waals surface area contributed by atoms with Gasteiger partial charge in [0.05, 0.1) is 16.5 Å². The summed E-state index contributed by atoms with van der Waals surface area (Å²) < 4.78 is 18.5. The van der Waals surface area contributed by atoms with Crippen molar-refractivity contribution in [2.75, 3.05) is 6.61 Å². The monoisotopic (exact) mass is 218 g/mol. The van der Waals surface area contributed by atoms with Crippen LogP contribution in [0.25, 0.3) is 0 Å². The zero-order valence-electron chi connectivity index (χ0n) is 6.81. The maximum Gasteiger partial charge on any atom is 0.158 e. The molecule has 4 heteroatoms. The van der Waals surface area contributed by atoms with Gasteiger partial charge in [-0.1, -0.05) is 11.6 Å². The van der Waals surface area contributed by atoms with Crippen molar-refractivity contribution >= 4 is 24.2 Å². The van der Waals surface area contributed by atoms with Gasteiger partial charge in [-0.15, -0.1) is 12.6 Å². The average Bonchev–Trinajstić information content (AvgIpc) is 2.15. The molecule has 1 aromatic carbocycles. The maximum absolute atomic E-state index is 13.2. The van der Waals surface area contributed by atoms with Gasteiger partial charge >= 0.3 is 0 Å². The Kier molecular flexibility index (Phi) is 2.39. The summed E-state index contributed by atoms with van der Waals surface area (Å²) in [5, 5.41) is 0.120. The van der Waals surface area contributed by atoms with Gasteiger partial charge in [-0.05, 0) is 24.5 Å². The predicted octanol–water partition coefficient (Wildman–Crippen LogP) is 3.09. The van der Waals surface area contributed by atoms with Crippen molar-refractivity contribution in [3.63, 3.8) is 0 Å². The Morgan fingerprint density at radius 2 is 2.31 bits per heavy atom. The van der Waals surface area contributed by atoms with Crippen molar-refractivity contribution in [2.24, 2.45) is 0 Å². The third kappa shape index (κ3) is 1.51. The number of hydrogen-bond acceptors (Lipinski definition) is 2. The van der Waals surface area contributed by atoms with Crippen LogP contribution in [0, 0.1) is 5.82 Å². The molecule has 0 bridgehead atoms. The van der Waals surface area contributed by atoms with Crippen LogP contribution in [-0.2, 0) is 6.42 Å². The van der Waals surface area contributed by atoms with Crippen LogP contribution in [0.15, 0.2) is 11.0 Å². The number of rotatable bonds is 0. The third-order valence-electron chi connectivity index (χ3n) is 2.06. The van der Waals surface area contributed by atoms with E-state index < -0.39 is 5.82 Å². The highest BCUT2D eigenvalue weighted by atomic mass is 35.5. The standard InChI is InChI=1S/C9H8ClFOS/c10-6-4-5-2-1-3-12-8(5)9(13)7(6)11/h4,13H,1-3H2. The summed E-state index contributed by atoms with van der Waals surface area (Å²) >= 11 is 9.71. The molecule has 1 aliphatic rings. The molecule has 0 N–H and O–H groups in total. The van der Waals surface area contributed by atoms with E-state index in [9.17, 15) is 4.39 Å². The Morgan fingerprint density at radius 3 is 3.08 bits per heavy atom. The number of fused-ring (bicyclic) bond motifs is 1. The zero-order valence-corrected chi connectivity index (χ0v) is 8.46. The van der Waals surface area contributed by atoms with Gasteiger partial charge in [0.15, 0.2) is 5.82 Å². The van der Waals surface area contributed by atoms with Gasteiger partial charge in [0, 0.05) is 0 Å². The second-order valence-electron chi connectivity index (χ2n) is 2.96. The van der Waals surface area contributed by atoms with Gasteiger partial charge in [0.2, 0.25) is 0 Å². The lowest BCUT2D eigenvalue weighted by Crippen LogP contribution is -2.09. The van der Waals surface area contributed by atoms with Crippen LogP contribution in [-0.4, -0.2) is 6.61 Å². The largest absolute Gasteiger partial charge is 0.492 e. The molecule has 0 aromatic heterocycles. The first-order chi connectivity index (χ1) is 6.20. The van der Waals surface area contributed by atoms with Crippen LogP contribution in [0.2, 0.25) is 5.02 Å². The smallest absolute Gasteiger partial charge is 0.158 e. The van der Waals surface area contributed by atoms with E-state index in [1.807, 2.05) is 0 Å². The van der Waals surface area contributed by atoms with Crippen LogP contribution in [0.5, 0.6) is 5.75 Å². The van der Waals surface area contributed by atoms with Gasteiger partial charge in [-0.2, -0.15) is 0 Å². The normalized spacial score (nSPS) is 15.0. The average molecular weight is 219 g/mol. The summed E-state index contributed by atoms with van der Waals surface area (Å²) in [6, 6.07) is 1.62. The molecule has 0 spiro atoms. The number of benzene rings is 1. The molecule has 2 rings (SSSR count). The van der Waals surface area contributed by atoms with Crippen molar-refractivity contribution in [1.29, 1.82) is 0 Å². The maximum atomic E-state index is 13.2. The minimum Gasteiger partial charge on any atom is -0.492 e. The van der Waals surface area contributed by atoms with Crippen LogP contribution in [0.1, 0.15) is 12.0 Å².